The molecule has 2 fully saturated rings. The van der Waals surface area contributed by atoms with Crippen molar-refractivity contribution in [1.82, 2.24) is 10.2 Å². The molecule has 2 aromatic rings. The lowest BCUT2D eigenvalue weighted by Crippen LogP contribution is -2.36. The molecule has 1 heterocycles. The van der Waals surface area contributed by atoms with Crippen LogP contribution in [0.5, 0.6) is 0 Å². The molecule has 0 bridgehead atoms. The SMILES string of the molecule is CC1C=C(N2CCC3(CC2)CC3CNC(Cc2ccccc2)c2ccccc2)C=CC1. The summed E-state index contributed by atoms with van der Waals surface area (Å²) >= 11 is 0. The van der Waals surface area contributed by atoms with Crippen molar-refractivity contribution < 1.29 is 0 Å². The molecule has 0 radical (unpaired) electrons. The molecular weight excluding hydrogens is 376 g/mol. The Morgan fingerprint density at radius 2 is 1.71 bits per heavy atom. The van der Waals surface area contributed by atoms with E-state index in [4.69, 9.17) is 0 Å². The van der Waals surface area contributed by atoms with E-state index < -0.39 is 0 Å². The number of nitrogens with one attached hydrogen (secondary N) is 1. The summed E-state index contributed by atoms with van der Waals surface area (Å²) in [4.78, 5) is 2.63. The molecule has 31 heavy (non-hydrogen) atoms. The fraction of sp³-hybridized carbons (Fsp3) is 0.448. The zero-order chi connectivity index (χ0) is 21.1. The number of piperidine rings is 1. The number of allylic oxidation sites excluding steroid dienone is 3. The zero-order valence-electron chi connectivity index (χ0n) is 18.8. The first kappa shape index (κ1) is 20.6. The molecule has 1 saturated carbocycles. The van der Waals surface area contributed by atoms with Gasteiger partial charge in [-0.1, -0.05) is 79.7 Å². The minimum atomic E-state index is 0.389. The normalized spacial score (nSPS) is 25.3. The highest BCUT2D eigenvalue weighted by molar-refractivity contribution is 5.25. The first-order valence-electron chi connectivity index (χ1n) is 12.2. The molecule has 3 atom stereocenters. The highest BCUT2D eigenvalue weighted by atomic mass is 15.1. The number of likely N-dealkylation sites (tertiary alicyclic amines) is 1. The molecule has 5 rings (SSSR count). The van der Waals surface area contributed by atoms with Gasteiger partial charge in [-0.3, -0.25) is 0 Å². The Morgan fingerprint density at radius 1 is 1.00 bits per heavy atom. The van der Waals surface area contributed by atoms with E-state index in [1.165, 1.54) is 55.6 Å². The van der Waals surface area contributed by atoms with E-state index in [9.17, 15) is 0 Å². The minimum absolute atomic E-state index is 0.389. The maximum Gasteiger partial charge on any atom is 0.0360 e. The number of benzene rings is 2. The summed E-state index contributed by atoms with van der Waals surface area (Å²) in [7, 11) is 0. The monoisotopic (exact) mass is 412 g/mol. The van der Waals surface area contributed by atoms with Gasteiger partial charge in [0.2, 0.25) is 0 Å². The van der Waals surface area contributed by atoms with Gasteiger partial charge in [0, 0.05) is 24.8 Å². The van der Waals surface area contributed by atoms with Crippen LogP contribution in [0.3, 0.4) is 0 Å². The van der Waals surface area contributed by atoms with E-state index in [-0.39, 0.29) is 0 Å². The van der Waals surface area contributed by atoms with Gasteiger partial charge < -0.3 is 10.2 Å². The van der Waals surface area contributed by atoms with Gasteiger partial charge in [0.1, 0.15) is 0 Å². The molecule has 2 nitrogen and oxygen atoms in total. The van der Waals surface area contributed by atoms with Gasteiger partial charge in [0.05, 0.1) is 0 Å². The van der Waals surface area contributed by atoms with E-state index in [1.807, 2.05) is 0 Å². The van der Waals surface area contributed by atoms with Gasteiger partial charge in [-0.05, 0) is 73.1 Å². The summed E-state index contributed by atoms with van der Waals surface area (Å²) in [6.07, 6.45) is 13.5. The fourth-order valence-corrected chi connectivity index (χ4v) is 5.70. The van der Waals surface area contributed by atoms with Crippen LogP contribution in [-0.4, -0.2) is 24.5 Å². The standard InChI is InChI=1S/C29H36N2/c1-23-9-8-14-27(19-23)31-17-15-29(16-18-31)21-26(29)22-30-28(25-12-6-3-7-13-25)20-24-10-4-2-5-11-24/h2-8,10-14,19,23,26,28,30H,9,15-18,20-22H2,1H3. The molecular formula is C29H36N2. The van der Waals surface area contributed by atoms with Crippen molar-refractivity contribution in [2.24, 2.45) is 17.3 Å². The lowest BCUT2D eigenvalue weighted by atomic mass is 9.89. The van der Waals surface area contributed by atoms with Crippen molar-refractivity contribution in [1.29, 1.82) is 0 Å². The van der Waals surface area contributed by atoms with Crippen molar-refractivity contribution in [3.63, 3.8) is 0 Å². The van der Waals surface area contributed by atoms with E-state index >= 15 is 0 Å². The van der Waals surface area contributed by atoms with E-state index in [2.05, 4.69) is 96.0 Å². The molecule has 1 aliphatic heterocycles. The second kappa shape index (κ2) is 9.04. The number of rotatable bonds is 7. The van der Waals surface area contributed by atoms with E-state index in [1.54, 1.807) is 0 Å². The van der Waals surface area contributed by atoms with Gasteiger partial charge in [-0.15, -0.1) is 0 Å². The predicted molar refractivity (Wildman–Crippen MR) is 130 cm³/mol. The fourth-order valence-electron chi connectivity index (χ4n) is 5.70. The zero-order valence-corrected chi connectivity index (χ0v) is 18.8. The van der Waals surface area contributed by atoms with Crippen molar-refractivity contribution >= 4 is 0 Å². The van der Waals surface area contributed by atoms with Crippen LogP contribution in [0, 0.1) is 17.3 Å². The molecule has 2 aromatic carbocycles. The molecule has 1 saturated heterocycles. The third-order valence-corrected chi connectivity index (χ3v) is 7.83. The average Bonchev–Trinajstić information content (AvgIpc) is 3.49. The third-order valence-electron chi connectivity index (χ3n) is 7.83. The first-order chi connectivity index (χ1) is 15.2. The number of hydrogen-bond acceptors (Lipinski definition) is 2. The molecule has 0 amide bonds. The van der Waals surface area contributed by atoms with Gasteiger partial charge in [0.25, 0.3) is 0 Å². The summed E-state index contributed by atoms with van der Waals surface area (Å²) < 4.78 is 0. The molecule has 1 spiro atoms. The van der Waals surface area contributed by atoms with Gasteiger partial charge in [0.15, 0.2) is 0 Å². The predicted octanol–water partition coefficient (Wildman–Crippen LogP) is 6.14. The maximum atomic E-state index is 3.96. The quantitative estimate of drug-likeness (QED) is 0.587. The van der Waals surface area contributed by atoms with Crippen LogP contribution >= 0.6 is 0 Å². The second-order valence-corrected chi connectivity index (χ2v) is 10.0. The molecule has 3 aliphatic rings. The van der Waals surface area contributed by atoms with Crippen LogP contribution in [-0.2, 0) is 6.42 Å². The van der Waals surface area contributed by atoms with Crippen LogP contribution in [0.1, 0.15) is 49.8 Å². The van der Waals surface area contributed by atoms with Crippen LogP contribution in [0.15, 0.2) is 84.6 Å². The van der Waals surface area contributed by atoms with Crippen LogP contribution in [0.2, 0.25) is 0 Å². The lowest BCUT2D eigenvalue weighted by Gasteiger charge is -2.36. The lowest BCUT2D eigenvalue weighted by molar-refractivity contribution is 0.200. The topological polar surface area (TPSA) is 15.3 Å². The Balaban J connectivity index is 1.17. The van der Waals surface area contributed by atoms with Crippen molar-refractivity contribution in [3.8, 4) is 0 Å². The average molecular weight is 413 g/mol. The maximum absolute atomic E-state index is 3.96. The molecule has 2 aliphatic carbocycles. The Hall–Kier alpha value is -2.32. The highest BCUT2D eigenvalue weighted by Gasteiger charge is 2.54. The van der Waals surface area contributed by atoms with Crippen LogP contribution in [0.25, 0.3) is 0 Å². The van der Waals surface area contributed by atoms with Crippen LogP contribution < -0.4 is 5.32 Å². The summed E-state index contributed by atoms with van der Waals surface area (Å²) in [5, 5.41) is 3.96. The Bertz CT molecular complexity index is 906. The van der Waals surface area contributed by atoms with Crippen molar-refractivity contribution in [2.45, 2.75) is 45.1 Å². The smallest absolute Gasteiger partial charge is 0.0360 e. The Morgan fingerprint density at radius 3 is 2.42 bits per heavy atom. The highest BCUT2D eigenvalue weighted by Crippen LogP contribution is 2.59. The van der Waals surface area contributed by atoms with Gasteiger partial charge in [-0.25, -0.2) is 0 Å². The Labute approximate surface area is 188 Å². The molecule has 2 heteroatoms. The Kier molecular flexibility index (Phi) is 6.00. The molecule has 3 unspecified atom stereocenters. The van der Waals surface area contributed by atoms with Gasteiger partial charge >= 0.3 is 0 Å². The van der Waals surface area contributed by atoms with Crippen molar-refractivity contribution in [3.05, 3.63) is 95.7 Å². The molecule has 162 valence electrons. The third kappa shape index (κ3) is 4.80. The first-order valence-corrected chi connectivity index (χ1v) is 12.2. The van der Waals surface area contributed by atoms with E-state index in [0.29, 0.717) is 17.4 Å². The second-order valence-electron chi connectivity index (χ2n) is 10.0. The summed E-state index contributed by atoms with van der Waals surface area (Å²) in [5.74, 6) is 1.53. The summed E-state index contributed by atoms with van der Waals surface area (Å²) in [6, 6.07) is 22.3. The van der Waals surface area contributed by atoms with Gasteiger partial charge in [-0.2, -0.15) is 0 Å². The molecule has 0 aromatic heterocycles. The van der Waals surface area contributed by atoms with Crippen LogP contribution in [0.4, 0.5) is 0 Å². The minimum Gasteiger partial charge on any atom is -0.372 e. The number of nitrogens with zero attached hydrogens (tertiary/aromatic N) is 1. The number of hydrogen-bond donors (Lipinski definition) is 1. The summed E-state index contributed by atoms with van der Waals surface area (Å²) in [5.41, 5.74) is 4.88. The molecule has 1 N–H and O–H groups in total. The summed E-state index contributed by atoms with van der Waals surface area (Å²) in [6.45, 7) is 5.93. The van der Waals surface area contributed by atoms with Crippen molar-refractivity contribution in [2.75, 3.05) is 19.6 Å². The van der Waals surface area contributed by atoms with E-state index in [0.717, 1.165) is 18.9 Å². The largest absolute Gasteiger partial charge is 0.372 e.